The molecule has 3 rings (SSSR count). The number of nitrogens with one attached hydrogen (secondary N) is 2. The van der Waals surface area contributed by atoms with Crippen LogP contribution in [0.3, 0.4) is 0 Å². The summed E-state index contributed by atoms with van der Waals surface area (Å²) >= 11 is 18.3. The lowest BCUT2D eigenvalue weighted by atomic mass is 10.1. The smallest absolute Gasteiger partial charge is 0.266 e. The molecule has 0 aliphatic heterocycles. The Hall–Kier alpha value is -2.46. The number of halogens is 3. The van der Waals surface area contributed by atoms with E-state index < -0.39 is 17.8 Å². The molecule has 0 spiro atoms. The van der Waals surface area contributed by atoms with Gasteiger partial charge < -0.3 is 14.8 Å². The largest absolute Gasteiger partial charge is 0.494 e. The van der Waals surface area contributed by atoms with E-state index in [1.807, 2.05) is 0 Å². The van der Waals surface area contributed by atoms with Crippen LogP contribution in [0, 0.1) is 5.82 Å². The summed E-state index contributed by atoms with van der Waals surface area (Å²) in [6, 6.07) is 9.25. The summed E-state index contributed by atoms with van der Waals surface area (Å²) in [6.45, 7) is 1.56. The summed E-state index contributed by atoms with van der Waals surface area (Å²) in [5.41, 5.74) is 1.14. The normalized spacial score (nSPS) is 11.5. The molecule has 11 heteroatoms. The first kappa shape index (κ1) is 23.2. The van der Waals surface area contributed by atoms with Crippen molar-refractivity contribution in [1.82, 2.24) is 10.3 Å². The third kappa shape index (κ3) is 6.04. The fourth-order valence-electron chi connectivity index (χ4n) is 2.45. The van der Waals surface area contributed by atoms with E-state index in [4.69, 9.17) is 44.9 Å². The van der Waals surface area contributed by atoms with Crippen LogP contribution in [0.1, 0.15) is 6.92 Å². The van der Waals surface area contributed by atoms with Crippen LogP contribution in [0.2, 0.25) is 10.0 Å². The number of amides is 1. The molecule has 0 bridgehead atoms. The highest BCUT2D eigenvalue weighted by Gasteiger charge is 2.18. The van der Waals surface area contributed by atoms with Gasteiger partial charge in [-0.3, -0.25) is 10.1 Å². The maximum absolute atomic E-state index is 13.9. The highest BCUT2D eigenvalue weighted by molar-refractivity contribution is 7.80. The van der Waals surface area contributed by atoms with Crippen LogP contribution in [0.4, 0.5) is 9.52 Å². The zero-order chi connectivity index (χ0) is 22.5. The number of rotatable bonds is 6. The molecule has 1 unspecified atom stereocenters. The number of anilines is 1. The second-order valence-corrected chi connectivity index (χ2v) is 8.28. The molecule has 1 heterocycles. The van der Waals surface area contributed by atoms with E-state index in [1.54, 1.807) is 30.5 Å². The first-order valence-corrected chi connectivity index (χ1v) is 10.8. The van der Waals surface area contributed by atoms with E-state index in [9.17, 15) is 9.18 Å². The van der Waals surface area contributed by atoms with Crippen LogP contribution in [-0.2, 0) is 4.79 Å². The van der Waals surface area contributed by atoms with Crippen molar-refractivity contribution in [2.24, 2.45) is 0 Å². The van der Waals surface area contributed by atoms with Gasteiger partial charge in [0.2, 0.25) is 0 Å². The predicted molar refractivity (Wildman–Crippen MR) is 125 cm³/mol. The Balaban J connectivity index is 1.58. The number of thiazole rings is 1. The summed E-state index contributed by atoms with van der Waals surface area (Å²) in [6.07, 6.45) is -0.868. The third-order valence-electron chi connectivity index (χ3n) is 3.98. The Bertz CT molecular complexity index is 1130. The van der Waals surface area contributed by atoms with E-state index in [2.05, 4.69) is 15.6 Å². The minimum Gasteiger partial charge on any atom is -0.494 e. The molecule has 0 fully saturated rings. The van der Waals surface area contributed by atoms with Crippen LogP contribution in [0.5, 0.6) is 11.5 Å². The molecular weight excluding hydrogens is 484 g/mol. The Kier molecular flexibility index (Phi) is 7.66. The third-order valence-corrected chi connectivity index (χ3v) is 5.47. The second kappa shape index (κ2) is 10.2. The lowest BCUT2D eigenvalue weighted by Crippen LogP contribution is -2.42. The Morgan fingerprint density at radius 2 is 1.97 bits per heavy atom. The van der Waals surface area contributed by atoms with E-state index in [0.717, 1.165) is 0 Å². The van der Waals surface area contributed by atoms with E-state index >= 15 is 0 Å². The van der Waals surface area contributed by atoms with Crippen molar-refractivity contribution < 1.29 is 18.7 Å². The van der Waals surface area contributed by atoms with Crippen LogP contribution >= 0.6 is 46.8 Å². The van der Waals surface area contributed by atoms with Gasteiger partial charge in [0.1, 0.15) is 5.75 Å². The predicted octanol–water partition coefficient (Wildman–Crippen LogP) is 5.55. The van der Waals surface area contributed by atoms with Gasteiger partial charge in [-0.05, 0) is 55.5 Å². The molecule has 0 aliphatic rings. The fourth-order valence-corrected chi connectivity index (χ4v) is 3.89. The number of aromatic nitrogens is 1. The quantitative estimate of drug-likeness (QED) is 0.433. The Morgan fingerprint density at radius 3 is 2.65 bits per heavy atom. The lowest BCUT2D eigenvalue weighted by Gasteiger charge is -2.16. The average Bonchev–Trinajstić information content (AvgIpc) is 3.18. The molecule has 0 saturated heterocycles. The maximum Gasteiger partial charge on any atom is 0.266 e. The molecule has 3 aromatic rings. The number of nitrogens with zero attached hydrogens (tertiary/aromatic N) is 1. The lowest BCUT2D eigenvalue weighted by molar-refractivity contribution is -0.125. The number of carbonyl (C=O) groups excluding carboxylic acids is 1. The fraction of sp³-hybridized carbons (Fsp3) is 0.150. The van der Waals surface area contributed by atoms with Gasteiger partial charge in [-0.15, -0.1) is 11.3 Å². The first-order chi connectivity index (χ1) is 14.8. The minimum absolute atomic E-state index is 0.0458. The van der Waals surface area contributed by atoms with Gasteiger partial charge in [-0.25, -0.2) is 9.37 Å². The summed E-state index contributed by atoms with van der Waals surface area (Å²) in [5.74, 6) is -0.487. The molecule has 0 saturated carbocycles. The van der Waals surface area contributed by atoms with Crippen LogP contribution in [-0.4, -0.2) is 29.2 Å². The number of thiocarbonyl (C=S) groups is 1. The molecule has 1 atom stereocenters. The highest BCUT2D eigenvalue weighted by atomic mass is 35.5. The van der Waals surface area contributed by atoms with E-state index in [1.165, 1.54) is 36.6 Å². The van der Waals surface area contributed by atoms with Gasteiger partial charge in [-0.1, -0.05) is 23.2 Å². The standard InChI is InChI=1S/C20H16Cl2FN3O3S2/c1-10(29-16-6-4-12(21)8-13(16)22)18(27)25-19(30)26-20-24-15(9-31-20)11-3-5-17(28-2)14(23)7-11/h3-10H,1-2H3,(H2,24,25,26,27,30). The summed E-state index contributed by atoms with van der Waals surface area (Å²) < 4.78 is 24.4. The van der Waals surface area contributed by atoms with Crippen molar-refractivity contribution in [3.63, 3.8) is 0 Å². The maximum atomic E-state index is 13.9. The topological polar surface area (TPSA) is 72.5 Å². The van der Waals surface area contributed by atoms with Gasteiger partial charge in [0.05, 0.1) is 17.8 Å². The zero-order valence-corrected chi connectivity index (χ0v) is 19.4. The van der Waals surface area contributed by atoms with Crippen molar-refractivity contribution in [3.8, 4) is 22.8 Å². The molecule has 2 aromatic carbocycles. The van der Waals surface area contributed by atoms with Crippen LogP contribution in [0.25, 0.3) is 11.3 Å². The zero-order valence-electron chi connectivity index (χ0n) is 16.2. The van der Waals surface area contributed by atoms with Gasteiger partial charge in [0.15, 0.2) is 27.9 Å². The second-order valence-electron chi connectivity index (χ2n) is 6.17. The SMILES string of the molecule is COc1ccc(-c2csc(NC(=S)NC(=O)C(C)Oc3ccc(Cl)cc3Cl)n2)cc1F. The van der Waals surface area contributed by atoms with Gasteiger partial charge in [0, 0.05) is 16.0 Å². The average molecular weight is 500 g/mol. The van der Waals surface area contributed by atoms with Crippen molar-refractivity contribution in [2.45, 2.75) is 13.0 Å². The van der Waals surface area contributed by atoms with Gasteiger partial charge in [-0.2, -0.15) is 0 Å². The van der Waals surface area contributed by atoms with Crippen LogP contribution in [0.15, 0.2) is 41.8 Å². The molecule has 31 heavy (non-hydrogen) atoms. The molecule has 1 amide bonds. The monoisotopic (exact) mass is 499 g/mol. The van der Waals surface area contributed by atoms with Crippen molar-refractivity contribution in [1.29, 1.82) is 0 Å². The van der Waals surface area contributed by atoms with E-state index in [-0.39, 0.29) is 15.9 Å². The molecular formula is C20H16Cl2FN3O3S2. The molecule has 1 aromatic heterocycles. The molecule has 2 N–H and O–H groups in total. The molecule has 0 aliphatic carbocycles. The number of carbonyl (C=O) groups is 1. The molecule has 6 nitrogen and oxygen atoms in total. The summed E-state index contributed by atoms with van der Waals surface area (Å²) in [7, 11) is 1.40. The number of methoxy groups -OCH3 is 1. The number of hydrogen-bond donors (Lipinski definition) is 2. The van der Waals surface area contributed by atoms with Crippen molar-refractivity contribution in [2.75, 3.05) is 12.4 Å². The van der Waals surface area contributed by atoms with Gasteiger partial charge >= 0.3 is 0 Å². The molecule has 162 valence electrons. The Morgan fingerprint density at radius 1 is 1.23 bits per heavy atom. The number of benzene rings is 2. The number of ether oxygens (including phenoxy) is 2. The highest BCUT2D eigenvalue weighted by Crippen LogP contribution is 2.29. The summed E-state index contributed by atoms with van der Waals surface area (Å²) in [5, 5.41) is 8.33. The summed E-state index contributed by atoms with van der Waals surface area (Å²) in [4.78, 5) is 16.7. The van der Waals surface area contributed by atoms with Crippen molar-refractivity contribution in [3.05, 3.63) is 57.6 Å². The molecule has 0 radical (unpaired) electrons. The minimum atomic E-state index is -0.868. The van der Waals surface area contributed by atoms with Crippen molar-refractivity contribution >= 4 is 62.9 Å². The van der Waals surface area contributed by atoms with E-state index in [0.29, 0.717) is 27.2 Å². The Labute approximate surface area is 197 Å². The van der Waals surface area contributed by atoms with Crippen LogP contribution < -0.4 is 20.1 Å². The van der Waals surface area contributed by atoms with Gasteiger partial charge in [0.25, 0.3) is 5.91 Å². The first-order valence-electron chi connectivity index (χ1n) is 8.80. The number of hydrogen-bond acceptors (Lipinski definition) is 6.